The third-order valence-corrected chi connectivity index (χ3v) is 6.85. The molecule has 12 heteroatoms. The number of piperidine rings is 1. The Hall–Kier alpha value is -3.18. The van der Waals surface area contributed by atoms with Crippen LogP contribution in [0.2, 0.25) is 5.28 Å². The van der Waals surface area contributed by atoms with Crippen molar-refractivity contribution in [2.24, 2.45) is 5.92 Å². The normalized spacial score (nSPS) is 17.7. The first-order valence-electron chi connectivity index (χ1n) is 11.4. The van der Waals surface area contributed by atoms with E-state index < -0.39 is 17.0 Å². The van der Waals surface area contributed by atoms with E-state index in [1.165, 1.54) is 12.1 Å². The number of carbonyl (C=O) groups is 3. The summed E-state index contributed by atoms with van der Waals surface area (Å²) in [6.07, 6.45) is 4.25. The molecule has 0 bridgehead atoms. The number of aromatic nitrogens is 2. The Kier molecular flexibility index (Phi) is 8.10. The Balaban J connectivity index is 1.50. The van der Waals surface area contributed by atoms with Crippen molar-refractivity contribution in [3.63, 3.8) is 0 Å². The highest BCUT2D eigenvalue weighted by Crippen LogP contribution is 2.36. The third-order valence-electron chi connectivity index (χ3n) is 5.76. The molecule has 0 N–H and O–H groups in total. The Morgan fingerprint density at radius 1 is 1.28 bits per heavy atom. The lowest BCUT2D eigenvalue weighted by atomic mass is 9.99. The maximum absolute atomic E-state index is 14.0. The highest BCUT2D eigenvalue weighted by molar-refractivity contribution is 8.18. The van der Waals surface area contributed by atoms with Gasteiger partial charge in [0.05, 0.1) is 17.7 Å². The van der Waals surface area contributed by atoms with Crippen LogP contribution >= 0.6 is 23.4 Å². The predicted molar refractivity (Wildman–Crippen MR) is 132 cm³/mol. The SMILES string of the molecule is CCOc1cc(/C=C2/SC(=O)N(CC(=O)N3CCC(C)CC3)C2=O)ccc1Oc1nc(Cl)ncc1F. The molecule has 0 unspecified atom stereocenters. The van der Waals surface area contributed by atoms with E-state index in [9.17, 15) is 18.8 Å². The number of hydrogen-bond acceptors (Lipinski definition) is 8. The molecular weight excluding hydrogens is 511 g/mol. The minimum atomic E-state index is -0.798. The minimum Gasteiger partial charge on any atom is -0.490 e. The van der Waals surface area contributed by atoms with Gasteiger partial charge < -0.3 is 14.4 Å². The van der Waals surface area contributed by atoms with Gasteiger partial charge in [0.1, 0.15) is 6.54 Å². The van der Waals surface area contributed by atoms with Gasteiger partial charge in [-0.2, -0.15) is 9.37 Å². The fraction of sp³-hybridized carbons (Fsp3) is 0.375. The maximum Gasteiger partial charge on any atom is 0.294 e. The van der Waals surface area contributed by atoms with Crippen LogP contribution < -0.4 is 9.47 Å². The molecule has 9 nitrogen and oxygen atoms in total. The van der Waals surface area contributed by atoms with Gasteiger partial charge >= 0.3 is 0 Å². The first-order chi connectivity index (χ1) is 17.2. The summed E-state index contributed by atoms with van der Waals surface area (Å²) in [6.45, 7) is 5.19. The zero-order valence-corrected chi connectivity index (χ0v) is 21.3. The van der Waals surface area contributed by atoms with Gasteiger partial charge in [-0.25, -0.2) is 4.98 Å². The molecule has 2 aliphatic heterocycles. The molecule has 0 aliphatic carbocycles. The smallest absolute Gasteiger partial charge is 0.294 e. The average molecular weight is 535 g/mol. The maximum atomic E-state index is 14.0. The lowest BCUT2D eigenvalue weighted by Crippen LogP contribution is -2.45. The number of likely N-dealkylation sites (tertiary alicyclic amines) is 1. The van der Waals surface area contributed by atoms with Crippen molar-refractivity contribution in [1.82, 2.24) is 19.8 Å². The molecule has 0 atom stereocenters. The summed E-state index contributed by atoms with van der Waals surface area (Å²) in [5.74, 6) is -0.912. The van der Waals surface area contributed by atoms with Crippen LogP contribution in [0, 0.1) is 11.7 Å². The Morgan fingerprint density at radius 3 is 2.75 bits per heavy atom. The van der Waals surface area contributed by atoms with E-state index in [-0.39, 0.29) is 40.0 Å². The van der Waals surface area contributed by atoms with Crippen molar-refractivity contribution in [1.29, 1.82) is 0 Å². The fourth-order valence-electron chi connectivity index (χ4n) is 3.75. The highest BCUT2D eigenvalue weighted by atomic mass is 35.5. The van der Waals surface area contributed by atoms with E-state index in [1.807, 2.05) is 0 Å². The standard InChI is InChI=1S/C24H24ClFN4O5S/c1-3-34-18-10-15(4-5-17(18)35-21-16(26)12-27-23(25)28-21)11-19-22(32)30(24(33)36-19)13-20(31)29-8-6-14(2)7-9-29/h4-5,10-12,14H,3,6-9,13H2,1-2H3/b19-11+. The van der Waals surface area contributed by atoms with E-state index in [0.29, 0.717) is 31.2 Å². The summed E-state index contributed by atoms with van der Waals surface area (Å²) in [5.41, 5.74) is 0.550. The van der Waals surface area contributed by atoms with Crippen LogP contribution in [0.15, 0.2) is 29.3 Å². The van der Waals surface area contributed by atoms with E-state index in [1.54, 1.807) is 24.0 Å². The molecule has 4 rings (SSSR count). The van der Waals surface area contributed by atoms with E-state index >= 15 is 0 Å². The zero-order valence-electron chi connectivity index (χ0n) is 19.7. The molecule has 3 amide bonds. The van der Waals surface area contributed by atoms with Gasteiger partial charge in [0, 0.05) is 13.1 Å². The lowest BCUT2D eigenvalue weighted by molar-refractivity contribution is -0.136. The molecule has 1 aromatic heterocycles. The number of hydrogen-bond donors (Lipinski definition) is 0. The number of halogens is 2. The largest absolute Gasteiger partial charge is 0.490 e. The molecule has 190 valence electrons. The van der Waals surface area contributed by atoms with Crippen LogP contribution in [-0.4, -0.2) is 63.1 Å². The number of ether oxygens (including phenoxy) is 2. The number of benzene rings is 1. The number of imide groups is 1. The first kappa shape index (κ1) is 25.9. The van der Waals surface area contributed by atoms with E-state index in [2.05, 4.69) is 16.9 Å². The molecule has 0 radical (unpaired) electrons. The molecule has 2 saturated heterocycles. The first-order valence-corrected chi connectivity index (χ1v) is 12.6. The van der Waals surface area contributed by atoms with Gasteiger partial charge in [0.2, 0.25) is 17.0 Å². The number of nitrogens with zero attached hydrogens (tertiary/aromatic N) is 4. The van der Waals surface area contributed by atoms with Crippen LogP contribution in [0.4, 0.5) is 9.18 Å². The number of amides is 3. The molecule has 0 spiro atoms. The molecule has 1 aromatic carbocycles. The summed E-state index contributed by atoms with van der Waals surface area (Å²) in [5, 5.41) is -0.670. The second-order valence-electron chi connectivity index (χ2n) is 8.36. The summed E-state index contributed by atoms with van der Waals surface area (Å²) >= 11 is 6.50. The Labute approximate surface area is 216 Å². The van der Waals surface area contributed by atoms with Gasteiger partial charge in [-0.1, -0.05) is 13.0 Å². The number of thioether (sulfide) groups is 1. The second-order valence-corrected chi connectivity index (χ2v) is 9.70. The van der Waals surface area contributed by atoms with Crippen molar-refractivity contribution in [3.8, 4) is 17.4 Å². The van der Waals surface area contributed by atoms with Gasteiger partial charge in [-0.3, -0.25) is 19.3 Å². The van der Waals surface area contributed by atoms with Crippen LogP contribution in [0.1, 0.15) is 32.3 Å². The van der Waals surface area contributed by atoms with Gasteiger partial charge in [-0.15, -0.1) is 0 Å². The number of carbonyl (C=O) groups excluding carboxylic acids is 3. The van der Waals surface area contributed by atoms with Crippen LogP contribution in [-0.2, 0) is 9.59 Å². The van der Waals surface area contributed by atoms with Crippen LogP contribution in [0.25, 0.3) is 6.08 Å². The summed E-state index contributed by atoms with van der Waals surface area (Å²) < 4.78 is 25.1. The van der Waals surface area contributed by atoms with Gasteiger partial charge in [0.15, 0.2) is 11.5 Å². The Morgan fingerprint density at radius 2 is 2.03 bits per heavy atom. The van der Waals surface area contributed by atoms with Crippen molar-refractivity contribution in [3.05, 3.63) is 46.0 Å². The third kappa shape index (κ3) is 5.96. The summed E-state index contributed by atoms with van der Waals surface area (Å²) in [6, 6.07) is 4.73. The molecule has 2 aromatic rings. The quantitative estimate of drug-likeness (QED) is 0.370. The van der Waals surface area contributed by atoms with E-state index in [4.69, 9.17) is 21.1 Å². The molecule has 36 heavy (non-hydrogen) atoms. The monoisotopic (exact) mass is 534 g/mol. The number of rotatable bonds is 7. The second kappa shape index (κ2) is 11.3. The minimum absolute atomic E-state index is 0.176. The van der Waals surface area contributed by atoms with Gasteiger partial charge in [0.25, 0.3) is 17.0 Å². The fourth-order valence-corrected chi connectivity index (χ4v) is 4.72. The summed E-state index contributed by atoms with van der Waals surface area (Å²) in [4.78, 5) is 48.2. The van der Waals surface area contributed by atoms with Crippen molar-refractivity contribution < 1.29 is 28.2 Å². The topological polar surface area (TPSA) is 102 Å². The Bertz CT molecular complexity index is 1220. The van der Waals surface area contributed by atoms with Gasteiger partial charge in [-0.05, 0) is 72.8 Å². The van der Waals surface area contributed by atoms with Crippen LogP contribution in [0.5, 0.6) is 17.4 Å². The molecule has 2 fully saturated rings. The lowest BCUT2D eigenvalue weighted by Gasteiger charge is -2.31. The molecule has 3 heterocycles. The van der Waals surface area contributed by atoms with Crippen molar-refractivity contribution in [2.75, 3.05) is 26.2 Å². The van der Waals surface area contributed by atoms with Crippen LogP contribution in [0.3, 0.4) is 0 Å². The molecular formula is C24H24ClFN4O5S. The van der Waals surface area contributed by atoms with E-state index in [0.717, 1.165) is 35.7 Å². The predicted octanol–water partition coefficient (Wildman–Crippen LogP) is 4.75. The summed E-state index contributed by atoms with van der Waals surface area (Å²) in [7, 11) is 0. The zero-order chi connectivity index (χ0) is 25.8. The molecule has 0 saturated carbocycles. The highest BCUT2D eigenvalue weighted by Gasteiger charge is 2.37. The van der Waals surface area contributed by atoms with Crippen molar-refractivity contribution >= 4 is 46.5 Å². The van der Waals surface area contributed by atoms with Crippen molar-refractivity contribution in [2.45, 2.75) is 26.7 Å². The average Bonchev–Trinajstić information content (AvgIpc) is 3.10. The molecule has 2 aliphatic rings.